The van der Waals surface area contributed by atoms with Gasteiger partial charge in [-0.25, -0.2) is 14.6 Å². The van der Waals surface area contributed by atoms with E-state index in [2.05, 4.69) is 21.9 Å². The van der Waals surface area contributed by atoms with Gasteiger partial charge in [0.25, 0.3) is 5.56 Å². The number of benzene rings is 1. The smallest absolute Gasteiger partial charge is 0.330 e. The largest absolute Gasteiger partial charge is 0.460 e. The van der Waals surface area contributed by atoms with Gasteiger partial charge in [0, 0.05) is 24.8 Å². The minimum absolute atomic E-state index is 0.00601. The Morgan fingerprint density at radius 2 is 1.18 bits per heavy atom. The molecule has 2 aromatic heterocycles. The third-order valence-electron chi connectivity index (χ3n) is 9.79. The number of ether oxygens (including phenoxy) is 10. The van der Waals surface area contributed by atoms with Crippen LogP contribution < -0.4 is 11.2 Å². The van der Waals surface area contributed by atoms with E-state index in [9.17, 15) is 14.4 Å². The molecule has 3 aromatic rings. The first-order valence-electron chi connectivity index (χ1n) is 21.3. The summed E-state index contributed by atoms with van der Waals surface area (Å²) in [4.78, 5) is 48.6. The minimum atomic E-state index is -0.503. The van der Waals surface area contributed by atoms with Gasteiger partial charge in [-0.05, 0) is 36.8 Å². The van der Waals surface area contributed by atoms with Crippen LogP contribution in [-0.4, -0.2) is 152 Å². The molecule has 1 unspecified atom stereocenters. The molecule has 0 aliphatic heterocycles. The van der Waals surface area contributed by atoms with Crippen molar-refractivity contribution in [2.45, 2.75) is 57.9 Å². The Hall–Kier alpha value is -3.78. The number of carbonyl (C=O) groups is 1. The number of carbonyl (C=O) groups excluding carboxylic acids is 1. The highest BCUT2D eigenvalue weighted by Gasteiger charge is 2.28. The predicted octanol–water partition coefficient (Wildman–Crippen LogP) is 4.34. The molecule has 2 N–H and O–H groups in total. The Morgan fingerprint density at radius 1 is 0.700 bits per heavy atom. The maximum absolute atomic E-state index is 13.2. The van der Waals surface area contributed by atoms with Gasteiger partial charge in [-0.1, -0.05) is 56.9 Å². The van der Waals surface area contributed by atoms with Crippen LogP contribution >= 0.6 is 0 Å². The van der Waals surface area contributed by atoms with Crippen LogP contribution in [0.4, 0.5) is 0 Å². The lowest BCUT2D eigenvalue weighted by Gasteiger charge is -2.31. The van der Waals surface area contributed by atoms with E-state index < -0.39 is 17.2 Å². The average molecular weight is 847 g/mol. The number of aromatic nitrogens is 4. The highest BCUT2D eigenvalue weighted by molar-refractivity contribution is 5.87. The SMILES string of the molecule is CCCC(C1CCCCC1)n1c(=O)[nH]c(=O)c2nc(-c3ccc(/C=C/C(=O)OCCOCCOCCOCCOCCOCCOCCOCCOCCOC)cc3)[nH]c21. The monoisotopic (exact) mass is 846 g/mol. The van der Waals surface area contributed by atoms with E-state index in [0.717, 1.165) is 49.7 Å². The molecule has 2 heterocycles. The topological polar surface area (TPSA) is 193 Å². The zero-order chi connectivity index (χ0) is 42.5. The predicted molar refractivity (Wildman–Crippen MR) is 225 cm³/mol. The fraction of sp³-hybridized carbons (Fsp3) is 0.674. The number of esters is 1. The molecule has 4 rings (SSSR count). The first kappa shape index (κ1) is 48.9. The molecule has 0 radical (unpaired) electrons. The van der Waals surface area contributed by atoms with E-state index in [0.29, 0.717) is 123 Å². The van der Waals surface area contributed by atoms with E-state index in [1.165, 1.54) is 12.5 Å². The number of nitrogens with one attached hydrogen (secondary N) is 2. The van der Waals surface area contributed by atoms with Crippen LogP contribution in [-0.2, 0) is 52.2 Å². The van der Waals surface area contributed by atoms with Gasteiger partial charge in [-0.3, -0.25) is 14.3 Å². The molecule has 0 spiro atoms. The van der Waals surface area contributed by atoms with Crippen LogP contribution in [0, 0.1) is 5.92 Å². The molecule has 1 fully saturated rings. The lowest BCUT2D eigenvalue weighted by Crippen LogP contribution is -2.36. The molecule has 0 saturated heterocycles. The normalized spacial score (nSPS) is 14.1. The van der Waals surface area contributed by atoms with Crippen LogP contribution in [0.5, 0.6) is 0 Å². The van der Waals surface area contributed by atoms with Crippen molar-refractivity contribution in [2.75, 3.05) is 126 Å². The van der Waals surface area contributed by atoms with Gasteiger partial charge in [0.1, 0.15) is 18.1 Å². The summed E-state index contributed by atoms with van der Waals surface area (Å²) in [5, 5.41) is 0. The van der Waals surface area contributed by atoms with Crippen molar-refractivity contribution in [1.82, 2.24) is 19.5 Å². The average Bonchev–Trinajstić information content (AvgIpc) is 3.71. The molecular weight excluding hydrogens is 780 g/mol. The Bertz CT molecular complexity index is 1740. The molecular formula is C43H66N4O13. The number of hydrogen-bond acceptors (Lipinski definition) is 14. The Balaban J connectivity index is 0.986. The van der Waals surface area contributed by atoms with E-state index >= 15 is 0 Å². The molecule has 1 aliphatic carbocycles. The molecule has 17 nitrogen and oxygen atoms in total. The third kappa shape index (κ3) is 18.5. The number of fused-ring (bicyclic) bond motifs is 1. The Labute approximate surface area is 352 Å². The highest BCUT2D eigenvalue weighted by atomic mass is 16.6. The van der Waals surface area contributed by atoms with Gasteiger partial charge in [0.05, 0.1) is 112 Å². The molecule has 1 saturated carbocycles. The van der Waals surface area contributed by atoms with Gasteiger partial charge in [0.2, 0.25) is 0 Å². The van der Waals surface area contributed by atoms with Crippen LogP contribution in [0.2, 0.25) is 0 Å². The number of nitrogens with zero attached hydrogens (tertiary/aromatic N) is 2. The van der Waals surface area contributed by atoms with Crippen molar-refractivity contribution < 1.29 is 52.2 Å². The van der Waals surface area contributed by atoms with Crippen LogP contribution in [0.1, 0.15) is 63.5 Å². The summed E-state index contributed by atoms with van der Waals surface area (Å²) in [5.74, 6) is 0.394. The molecule has 1 atom stereocenters. The molecule has 17 heteroatoms. The summed E-state index contributed by atoms with van der Waals surface area (Å²) in [6.07, 6.45) is 10.5. The Kier molecular flexibility index (Phi) is 24.7. The van der Waals surface area contributed by atoms with Crippen molar-refractivity contribution in [1.29, 1.82) is 0 Å². The molecule has 1 aliphatic rings. The second-order valence-corrected chi connectivity index (χ2v) is 14.2. The fourth-order valence-electron chi connectivity index (χ4n) is 6.81. The van der Waals surface area contributed by atoms with E-state index in [1.807, 2.05) is 24.3 Å². The summed E-state index contributed by atoms with van der Waals surface area (Å²) in [5.41, 5.74) is 1.31. The quantitative estimate of drug-likeness (QED) is 0.0490. The molecule has 1 aromatic carbocycles. The van der Waals surface area contributed by atoms with Gasteiger partial charge < -0.3 is 52.4 Å². The van der Waals surface area contributed by atoms with Crippen molar-refractivity contribution in [2.24, 2.45) is 5.92 Å². The number of hydrogen-bond donors (Lipinski definition) is 2. The summed E-state index contributed by atoms with van der Waals surface area (Å²) in [7, 11) is 1.64. The lowest BCUT2D eigenvalue weighted by molar-refractivity contribution is -0.139. The Morgan fingerprint density at radius 3 is 1.67 bits per heavy atom. The van der Waals surface area contributed by atoms with Gasteiger partial charge >= 0.3 is 11.7 Å². The second kappa shape index (κ2) is 30.3. The first-order valence-corrected chi connectivity index (χ1v) is 21.3. The number of rotatable bonds is 34. The third-order valence-corrected chi connectivity index (χ3v) is 9.79. The van der Waals surface area contributed by atoms with E-state index in [4.69, 9.17) is 47.4 Å². The van der Waals surface area contributed by atoms with Crippen molar-refractivity contribution in [3.05, 3.63) is 56.7 Å². The van der Waals surface area contributed by atoms with Crippen molar-refractivity contribution >= 4 is 23.2 Å². The first-order chi connectivity index (χ1) is 29.5. The second-order valence-electron chi connectivity index (χ2n) is 14.2. The van der Waals surface area contributed by atoms with Gasteiger partial charge in [-0.15, -0.1) is 0 Å². The highest BCUT2D eigenvalue weighted by Crippen LogP contribution is 2.36. The van der Waals surface area contributed by atoms with Crippen molar-refractivity contribution in [3.8, 4) is 11.4 Å². The lowest BCUT2D eigenvalue weighted by atomic mass is 9.82. The summed E-state index contributed by atoms with van der Waals surface area (Å²) in [6, 6.07) is 7.38. The molecule has 0 amide bonds. The van der Waals surface area contributed by atoms with E-state index in [1.54, 1.807) is 17.8 Å². The maximum atomic E-state index is 13.2. The summed E-state index contributed by atoms with van der Waals surface area (Å²) >= 11 is 0. The number of aromatic amines is 2. The summed E-state index contributed by atoms with van der Waals surface area (Å²) in [6.45, 7) is 10.2. The minimum Gasteiger partial charge on any atom is -0.460 e. The van der Waals surface area contributed by atoms with Crippen molar-refractivity contribution in [3.63, 3.8) is 0 Å². The number of H-pyrrole nitrogens is 2. The van der Waals surface area contributed by atoms with Crippen LogP contribution in [0.3, 0.4) is 0 Å². The van der Waals surface area contributed by atoms with Crippen LogP contribution in [0.25, 0.3) is 28.6 Å². The summed E-state index contributed by atoms with van der Waals surface area (Å²) < 4.78 is 55.5. The molecule has 60 heavy (non-hydrogen) atoms. The molecule has 0 bridgehead atoms. The maximum Gasteiger partial charge on any atom is 0.330 e. The number of imidazole rings is 1. The van der Waals surface area contributed by atoms with Gasteiger partial charge in [-0.2, -0.15) is 0 Å². The zero-order valence-electron chi connectivity index (χ0n) is 35.5. The number of methoxy groups -OCH3 is 1. The van der Waals surface area contributed by atoms with Gasteiger partial charge in [0.15, 0.2) is 5.52 Å². The molecule has 336 valence electrons. The van der Waals surface area contributed by atoms with Crippen LogP contribution in [0.15, 0.2) is 39.9 Å². The zero-order valence-corrected chi connectivity index (χ0v) is 35.5. The standard InChI is InChI=1S/C43H66N4O13/c1-3-7-37(35-8-5-4-6-9-35)47-41-39(42(49)46-43(47)50)44-40(45-41)36-13-10-34(11-14-36)12-15-38(48)60-33-32-59-31-30-58-29-28-57-27-26-56-25-24-55-23-22-54-21-20-53-19-18-52-17-16-51-2/h10-15,35,37H,3-9,16-33H2,1-2H3,(H,44,45)(H,46,49,50)/b15-12+. The van der Waals surface area contributed by atoms with E-state index in [-0.39, 0.29) is 24.8 Å². The fourth-order valence-corrected chi connectivity index (χ4v) is 6.81.